The second-order valence-electron chi connectivity index (χ2n) is 4.08. The Hall–Kier alpha value is -1.02. The lowest BCUT2D eigenvalue weighted by Crippen LogP contribution is -2.37. The number of hydrogen-bond donors (Lipinski definition) is 0. The lowest BCUT2D eigenvalue weighted by molar-refractivity contribution is 0.210. The summed E-state index contributed by atoms with van der Waals surface area (Å²) in [6.07, 6.45) is 2.36. The maximum Gasteiger partial charge on any atom is 0.119 e. The summed E-state index contributed by atoms with van der Waals surface area (Å²) in [5.74, 6) is 0.941. The van der Waals surface area contributed by atoms with Gasteiger partial charge in [0.2, 0.25) is 0 Å². The predicted molar refractivity (Wildman–Crippen MR) is 56.6 cm³/mol. The van der Waals surface area contributed by atoms with E-state index in [-0.39, 0.29) is 5.54 Å². The molecule has 75 valence electrons. The van der Waals surface area contributed by atoms with Gasteiger partial charge in [-0.3, -0.25) is 0 Å². The van der Waals surface area contributed by atoms with Crippen molar-refractivity contribution >= 4 is 0 Å². The van der Waals surface area contributed by atoms with Gasteiger partial charge in [0.15, 0.2) is 0 Å². The monoisotopic (exact) mass is 190 g/mol. The van der Waals surface area contributed by atoms with Crippen LogP contribution in [0, 0.1) is 0 Å². The van der Waals surface area contributed by atoms with E-state index < -0.39 is 0 Å². The van der Waals surface area contributed by atoms with Crippen LogP contribution in [0.4, 0.5) is 0 Å². The van der Waals surface area contributed by atoms with Crippen LogP contribution in [0.25, 0.3) is 0 Å². The van der Waals surface area contributed by atoms with Crippen molar-refractivity contribution in [3.63, 3.8) is 0 Å². The molecule has 1 aliphatic rings. The van der Waals surface area contributed by atoms with Gasteiger partial charge >= 0.3 is 0 Å². The van der Waals surface area contributed by atoms with Crippen LogP contribution in [0.15, 0.2) is 30.3 Å². The van der Waals surface area contributed by atoms with E-state index in [9.17, 15) is 0 Å². The number of hydrogen-bond acceptors (Lipinski definition) is 1. The van der Waals surface area contributed by atoms with Gasteiger partial charge in [0.1, 0.15) is 12.4 Å². The molecule has 1 heterocycles. The van der Waals surface area contributed by atoms with Gasteiger partial charge in [0, 0.05) is 6.54 Å². The Bertz CT molecular complexity index is 278. The highest BCUT2D eigenvalue weighted by atomic mass is 16.5. The molecule has 2 nitrogen and oxygen atoms in total. The van der Waals surface area contributed by atoms with Crippen molar-refractivity contribution in [2.75, 3.05) is 13.2 Å². The third kappa shape index (κ3) is 2.26. The van der Waals surface area contributed by atoms with Gasteiger partial charge in [-0.15, -0.1) is 0 Å². The molecule has 1 fully saturated rings. The quantitative estimate of drug-likeness (QED) is 0.716. The fourth-order valence-electron chi connectivity index (χ4n) is 1.76. The molecule has 1 saturated heterocycles. The number of nitrogens with zero attached hydrogens (tertiary/aromatic N) is 1. The minimum atomic E-state index is 0.0514. The Labute approximate surface area is 85.3 Å². The topological polar surface area (TPSA) is 23.3 Å². The normalized spacial score (nSPS) is 26.4. The van der Waals surface area contributed by atoms with Crippen LogP contribution in [0.2, 0.25) is 0 Å². The van der Waals surface area contributed by atoms with Crippen molar-refractivity contribution in [2.45, 2.75) is 25.3 Å². The number of benzene rings is 1. The lowest BCUT2D eigenvalue weighted by atomic mass is 10.0. The Morgan fingerprint density at radius 3 is 2.79 bits per heavy atom. The Morgan fingerprint density at radius 1 is 1.36 bits per heavy atom. The molecule has 0 aromatic heterocycles. The van der Waals surface area contributed by atoms with Crippen LogP contribution in [-0.2, 0) is 0 Å². The molecule has 1 aliphatic heterocycles. The molecule has 0 N–H and O–H groups in total. The second kappa shape index (κ2) is 4.01. The van der Waals surface area contributed by atoms with Crippen LogP contribution in [0.1, 0.15) is 19.8 Å². The second-order valence-corrected chi connectivity index (χ2v) is 4.08. The molecule has 1 unspecified atom stereocenters. The molecule has 0 saturated carbocycles. The van der Waals surface area contributed by atoms with Gasteiger partial charge in [-0.25, -0.2) is 5.32 Å². The zero-order valence-corrected chi connectivity index (χ0v) is 8.57. The summed E-state index contributed by atoms with van der Waals surface area (Å²) in [6.45, 7) is 3.87. The van der Waals surface area contributed by atoms with Gasteiger partial charge in [-0.05, 0) is 31.9 Å². The summed E-state index contributed by atoms with van der Waals surface area (Å²) in [6, 6.07) is 9.94. The molecule has 14 heavy (non-hydrogen) atoms. The molecule has 1 atom stereocenters. The summed E-state index contributed by atoms with van der Waals surface area (Å²) < 4.78 is 5.70. The van der Waals surface area contributed by atoms with Crippen molar-refractivity contribution in [2.24, 2.45) is 0 Å². The molecule has 1 aromatic carbocycles. The summed E-state index contributed by atoms with van der Waals surface area (Å²) >= 11 is 0. The van der Waals surface area contributed by atoms with Crippen molar-refractivity contribution < 1.29 is 4.74 Å². The smallest absolute Gasteiger partial charge is 0.119 e. The summed E-state index contributed by atoms with van der Waals surface area (Å²) in [5.41, 5.74) is 0.0514. The van der Waals surface area contributed by atoms with E-state index in [1.54, 1.807) is 0 Å². The highest BCUT2D eigenvalue weighted by molar-refractivity contribution is 5.21. The fourth-order valence-corrected chi connectivity index (χ4v) is 1.76. The molecule has 2 heteroatoms. The Morgan fingerprint density at radius 2 is 2.14 bits per heavy atom. The third-order valence-electron chi connectivity index (χ3n) is 2.66. The molecule has 1 aromatic rings. The lowest BCUT2D eigenvalue weighted by Gasteiger charge is -2.22. The largest absolute Gasteiger partial charge is 0.492 e. The van der Waals surface area contributed by atoms with Gasteiger partial charge in [-0.2, -0.15) is 0 Å². The van der Waals surface area contributed by atoms with E-state index in [0.717, 1.165) is 18.7 Å². The van der Waals surface area contributed by atoms with Crippen molar-refractivity contribution in [1.29, 1.82) is 0 Å². The van der Waals surface area contributed by atoms with E-state index in [0.29, 0.717) is 6.61 Å². The van der Waals surface area contributed by atoms with E-state index in [1.807, 2.05) is 30.3 Å². The maximum absolute atomic E-state index is 5.70. The first-order valence-electron chi connectivity index (χ1n) is 5.15. The van der Waals surface area contributed by atoms with E-state index >= 15 is 0 Å². The summed E-state index contributed by atoms with van der Waals surface area (Å²) in [5, 5.41) is 4.56. The number of ether oxygens (including phenoxy) is 1. The predicted octanol–water partition coefficient (Wildman–Crippen LogP) is 2.22. The molecule has 0 aliphatic carbocycles. The number of rotatable bonds is 3. The van der Waals surface area contributed by atoms with Gasteiger partial charge in [0.25, 0.3) is 0 Å². The Kier molecular flexibility index (Phi) is 2.73. The zero-order valence-electron chi connectivity index (χ0n) is 8.57. The summed E-state index contributed by atoms with van der Waals surface area (Å²) in [7, 11) is 0. The van der Waals surface area contributed by atoms with Crippen LogP contribution >= 0.6 is 0 Å². The van der Waals surface area contributed by atoms with Crippen LogP contribution in [-0.4, -0.2) is 18.7 Å². The van der Waals surface area contributed by atoms with Crippen LogP contribution in [0.3, 0.4) is 0 Å². The van der Waals surface area contributed by atoms with Crippen molar-refractivity contribution in [3.05, 3.63) is 30.3 Å². The third-order valence-corrected chi connectivity index (χ3v) is 2.66. The standard InChI is InChI=1S/C12H16NO/c1-12(8-5-9-13-12)10-14-11-6-3-2-4-7-11/h2-4,6-7H,5,8-10H2,1H3. The first-order chi connectivity index (χ1) is 6.79. The number of para-hydroxylation sites is 1. The zero-order chi connectivity index (χ0) is 9.86. The average molecular weight is 190 g/mol. The maximum atomic E-state index is 5.70. The van der Waals surface area contributed by atoms with E-state index in [4.69, 9.17) is 4.74 Å². The minimum absolute atomic E-state index is 0.0514. The van der Waals surface area contributed by atoms with Crippen molar-refractivity contribution in [3.8, 4) is 5.75 Å². The first-order valence-corrected chi connectivity index (χ1v) is 5.15. The van der Waals surface area contributed by atoms with Gasteiger partial charge in [-0.1, -0.05) is 18.2 Å². The van der Waals surface area contributed by atoms with Crippen LogP contribution < -0.4 is 10.1 Å². The first kappa shape index (κ1) is 9.53. The molecule has 2 rings (SSSR count). The SMILES string of the molecule is CC1(COc2ccccc2)CCC[N]1. The summed E-state index contributed by atoms with van der Waals surface area (Å²) in [4.78, 5) is 0. The Balaban J connectivity index is 1.88. The molecule has 1 radical (unpaired) electrons. The fraction of sp³-hybridized carbons (Fsp3) is 0.500. The molecule has 0 spiro atoms. The minimum Gasteiger partial charge on any atom is -0.492 e. The van der Waals surface area contributed by atoms with E-state index in [2.05, 4.69) is 12.2 Å². The van der Waals surface area contributed by atoms with Gasteiger partial charge < -0.3 is 4.74 Å². The average Bonchev–Trinajstić information content (AvgIpc) is 2.65. The van der Waals surface area contributed by atoms with Crippen molar-refractivity contribution in [1.82, 2.24) is 5.32 Å². The molecular formula is C12H16NO. The highest BCUT2D eigenvalue weighted by Gasteiger charge is 2.30. The van der Waals surface area contributed by atoms with Crippen LogP contribution in [0.5, 0.6) is 5.75 Å². The molecule has 0 bridgehead atoms. The van der Waals surface area contributed by atoms with E-state index in [1.165, 1.54) is 6.42 Å². The molecule has 0 amide bonds. The highest BCUT2D eigenvalue weighted by Crippen LogP contribution is 2.21. The molecular weight excluding hydrogens is 174 g/mol. The van der Waals surface area contributed by atoms with Gasteiger partial charge in [0.05, 0.1) is 5.54 Å².